The Kier molecular flexibility index (Phi) is 6.20. The Bertz CT molecular complexity index is 864. The Labute approximate surface area is 159 Å². The maximum absolute atomic E-state index is 12.4. The van der Waals surface area contributed by atoms with Crippen LogP contribution in [0.1, 0.15) is 41.9 Å². The van der Waals surface area contributed by atoms with Gasteiger partial charge in [-0.2, -0.15) is 0 Å². The third-order valence-corrected chi connectivity index (χ3v) is 5.87. The highest BCUT2D eigenvalue weighted by molar-refractivity contribution is 7.89. The summed E-state index contributed by atoms with van der Waals surface area (Å²) >= 11 is 0. The molecule has 1 aliphatic rings. The zero-order chi connectivity index (χ0) is 19.3. The zero-order valence-corrected chi connectivity index (χ0v) is 15.9. The van der Waals surface area contributed by atoms with Gasteiger partial charge < -0.3 is 10.1 Å². The number of hydrogen-bond acceptors (Lipinski definition) is 5. The van der Waals surface area contributed by atoms with Crippen molar-refractivity contribution in [2.75, 3.05) is 13.2 Å². The van der Waals surface area contributed by atoms with Crippen LogP contribution in [-0.2, 0) is 14.8 Å². The first-order valence-corrected chi connectivity index (χ1v) is 10.4. The molecule has 8 heteroatoms. The van der Waals surface area contributed by atoms with E-state index in [-0.39, 0.29) is 29.5 Å². The number of ether oxygens (including phenoxy) is 1. The molecule has 0 saturated carbocycles. The van der Waals surface area contributed by atoms with Gasteiger partial charge in [0.15, 0.2) is 0 Å². The third-order valence-electron chi connectivity index (χ3n) is 4.43. The van der Waals surface area contributed by atoms with Crippen molar-refractivity contribution in [3.63, 3.8) is 0 Å². The minimum absolute atomic E-state index is 0.0714. The molecular formula is C19H23N3O4S. The molecule has 2 atom stereocenters. The minimum Gasteiger partial charge on any atom is -0.377 e. The highest BCUT2D eigenvalue weighted by atomic mass is 32.2. The van der Waals surface area contributed by atoms with Crippen LogP contribution in [0.25, 0.3) is 0 Å². The number of nitrogens with one attached hydrogen (secondary N) is 2. The highest BCUT2D eigenvalue weighted by Crippen LogP contribution is 2.15. The Morgan fingerprint density at radius 1 is 1.26 bits per heavy atom. The van der Waals surface area contributed by atoms with Gasteiger partial charge >= 0.3 is 0 Å². The standard InChI is InChI=1S/C19H23N3O4S/c1-14(18-6-2-3-11-20-18)22-19(23)15-7-9-17(10-8-15)27(24,25)21-13-16-5-4-12-26-16/h2-3,6-11,14,16,21H,4-5,12-13H2,1H3,(H,22,23)/t14-,16-/m1/s1. The molecule has 2 N–H and O–H groups in total. The van der Waals surface area contributed by atoms with E-state index in [1.165, 1.54) is 24.3 Å². The largest absolute Gasteiger partial charge is 0.377 e. The van der Waals surface area contributed by atoms with Crippen molar-refractivity contribution in [1.29, 1.82) is 0 Å². The Morgan fingerprint density at radius 2 is 2.04 bits per heavy atom. The molecule has 1 saturated heterocycles. The van der Waals surface area contributed by atoms with Crippen molar-refractivity contribution in [2.24, 2.45) is 0 Å². The monoisotopic (exact) mass is 389 g/mol. The fourth-order valence-electron chi connectivity index (χ4n) is 2.86. The first kappa shape index (κ1) is 19.5. The molecule has 0 spiro atoms. The Morgan fingerprint density at radius 3 is 2.67 bits per heavy atom. The van der Waals surface area contributed by atoms with E-state index in [4.69, 9.17) is 4.74 Å². The zero-order valence-electron chi connectivity index (χ0n) is 15.1. The van der Waals surface area contributed by atoms with Crippen LogP contribution in [-0.4, -0.2) is 38.6 Å². The summed E-state index contributed by atoms with van der Waals surface area (Å²) in [5.74, 6) is -0.288. The van der Waals surface area contributed by atoms with Crippen LogP contribution in [0.4, 0.5) is 0 Å². The van der Waals surface area contributed by atoms with Crippen LogP contribution < -0.4 is 10.0 Å². The van der Waals surface area contributed by atoms with E-state index in [0.717, 1.165) is 18.5 Å². The molecule has 1 aromatic heterocycles. The predicted molar refractivity (Wildman–Crippen MR) is 101 cm³/mol. The lowest BCUT2D eigenvalue weighted by Crippen LogP contribution is -2.32. The molecule has 0 aliphatic carbocycles. The molecule has 0 bridgehead atoms. The van der Waals surface area contributed by atoms with E-state index in [9.17, 15) is 13.2 Å². The molecule has 27 heavy (non-hydrogen) atoms. The molecular weight excluding hydrogens is 366 g/mol. The molecule has 3 rings (SSSR count). The minimum atomic E-state index is -3.63. The summed E-state index contributed by atoms with van der Waals surface area (Å²) in [4.78, 5) is 16.7. The molecule has 144 valence electrons. The topological polar surface area (TPSA) is 97.4 Å². The van der Waals surface area contributed by atoms with Gasteiger partial charge in [-0.3, -0.25) is 9.78 Å². The molecule has 1 aromatic carbocycles. The molecule has 0 unspecified atom stereocenters. The van der Waals surface area contributed by atoms with Crippen LogP contribution >= 0.6 is 0 Å². The normalized spacial score (nSPS) is 18.2. The van der Waals surface area contributed by atoms with Crippen molar-refractivity contribution in [3.05, 3.63) is 59.9 Å². The fourth-order valence-corrected chi connectivity index (χ4v) is 3.93. The Balaban J connectivity index is 1.61. The Hall–Kier alpha value is -2.29. The second-order valence-corrected chi connectivity index (χ2v) is 8.23. The lowest BCUT2D eigenvalue weighted by Gasteiger charge is -2.14. The highest BCUT2D eigenvalue weighted by Gasteiger charge is 2.20. The van der Waals surface area contributed by atoms with Crippen molar-refractivity contribution in [3.8, 4) is 0 Å². The van der Waals surface area contributed by atoms with Crippen LogP contribution in [0, 0.1) is 0 Å². The number of benzene rings is 1. The average Bonchev–Trinajstić information content (AvgIpc) is 3.21. The summed E-state index contributed by atoms with van der Waals surface area (Å²) in [6.07, 6.45) is 3.41. The predicted octanol–water partition coefficient (Wildman–Crippen LogP) is 2.03. The summed E-state index contributed by atoms with van der Waals surface area (Å²) < 4.78 is 32.7. The summed E-state index contributed by atoms with van der Waals surface area (Å²) in [6.45, 7) is 2.77. The number of sulfonamides is 1. The number of nitrogens with zero attached hydrogens (tertiary/aromatic N) is 1. The number of carbonyl (C=O) groups excluding carboxylic acids is 1. The summed E-state index contributed by atoms with van der Waals surface area (Å²) in [7, 11) is -3.63. The molecule has 1 fully saturated rings. The van der Waals surface area contributed by atoms with Crippen molar-refractivity contribution in [1.82, 2.24) is 15.0 Å². The summed E-state index contributed by atoms with van der Waals surface area (Å²) in [5, 5.41) is 2.85. The molecule has 0 radical (unpaired) electrons. The number of pyridine rings is 1. The molecule has 1 amide bonds. The van der Waals surface area contributed by atoms with Crippen molar-refractivity contribution >= 4 is 15.9 Å². The molecule has 2 heterocycles. The summed E-state index contributed by atoms with van der Waals surface area (Å²) in [5.41, 5.74) is 1.14. The van der Waals surface area contributed by atoms with E-state index in [2.05, 4.69) is 15.0 Å². The number of rotatable bonds is 7. The first-order valence-electron chi connectivity index (χ1n) is 8.89. The lowest BCUT2D eigenvalue weighted by atomic mass is 10.1. The van der Waals surface area contributed by atoms with Gasteiger partial charge in [0.25, 0.3) is 5.91 Å². The van der Waals surface area contributed by atoms with Gasteiger partial charge in [-0.15, -0.1) is 0 Å². The fraction of sp³-hybridized carbons (Fsp3) is 0.368. The number of aromatic nitrogens is 1. The second kappa shape index (κ2) is 8.60. The van der Waals surface area contributed by atoms with Gasteiger partial charge in [0, 0.05) is 24.9 Å². The van der Waals surface area contributed by atoms with Gasteiger partial charge in [0.2, 0.25) is 10.0 Å². The van der Waals surface area contributed by atoms with Crippen molar-refractivity contribution < 1.29 is 17.9 Å². The molecule has 1 aliphatic heterocycles. The summed E-state index contributed by atoms with van der Waals surface area (Å²) in [6, 6.07) is 11.1. The number of carbonyl (C=O) groups is 1. The lowest BCUT2D eigenvalue weighted by molar-refractivity contribution is 0.0939. The van der Waals surface area contributed by atoms with E-state index in [1.807, 2.05) is 25.1 Å². The quantitative estimate of drug-likeness (QED) is 0.755. The molecule has 2 aromatic rings. The van der Waals surface area contributed by atoms with Gasteiger partial charge in [-0.1, -0.05) is 6.07 Å². The van der Waals surface area contributed by atoms with E-state index in [0.29, 0.717) is 12.2 Å². The van der Waals surface area contributed by atoms with E-state index in [1.54, 1.807) is 6.20 Å². The SMILES string of the molecule is C[C@@H](NC(=O)c1ccc(S(=O)(=O)NC[C@H]2CCCO2)cc1)c1ccccn1. The van der Waals surface area contributed by atoms with Crippen LogP contribution in [0.2, 0.25) is 0 Å². The van der Waals surface area contributed by atoms with Crippen LogP contribution in [0.3, 0.4) is 0 Å². The third kappa shape index (κ3) is 5.12. The van der Waals surface area contributed by atoms with Gasteiger partial charge in [0.1, 0.15) is 0 Å². The van der Waals surface area contributed by atoms with Gasteiger partial charge in [-0.05, 0) is 56.2 Å². The average molecular weight is 389 g/mol. The molecule has 7 nitrogen and oxygen atoms in total. The number of amides is 1. The van der Waals surface area contributed by atoms with Crippen LogP contribution in [0.5, 0.6) is 0 Å². The van der Waals surface area contributed by atoms with Gasteiger partial charge in [0.05, 0.1) is 22.7 Å². The maximum Gasteiger partial charge on any atom is 0.251 e. The van der Waals surface area contributed by atoms with E-state index >= 15 is 0 Å². The van der Waals surface area contributed by atoms with Gasteiger partial charge in [-0.25, -0.2) is 13.1 Å². The van der Waals surface area contributed by atoms with Crippen molar-refractivity contribution in [2.45, 2.75) is 36.8 Å². The number of hydrogen-bond donors (Lipinski definition) is 2. The smallest absolute Gasteiger partial charge is 0.251 e. The van der Waals surface area contributed by atoms with E-state index < -0.39 is 10.0 Å². The second-order valence-electron chi connectivity index (χ2n) is 6.46. The first-order chi connectivity index (χ1) is 13.0. The maximum atomic E-state index is 12.4. The van der Waals surface area contributed by atoms with Crippen LogP contribution in [0.15, 0.2) is 53.6 Å².